The molecule has 26 nitrogen and oxygen atoms in total. The van der Waals surface area contributed by atoms with Gasteiger partial charge in [-0.1, -0.05) is 59.7 Å². The van der Waals surface area contributed by atoms with Crippen molar-refractivity contribution < 1.29 is 93.0 Å². The van der Waals surface area contributed by atoms with E-state index < -0.39 is 127 Å². The molecule has 0 aromatic carbocycles. The Morgan fingerprint density at radius 3 is 2.26 bits per heavy atom. The summed E-state index contributed by atoms with van der Waals surface area (Å²) in [5.74, 6) is -5.24. The molecule has 12 atom stereocenters. The van der Waals surface area contributed by atoms with Gasteiger partial charge in [0, 0.05) is 74.9 Å². The highest BCUT2D eigenvalue weighted by molar-refractivity contribution is 8.76. The standard InChI is InChI=1S/C49H77N7O19S2/c1-25-18-29-39(33(58)21-31(41(29)63)55-45(66)26(2)10-8-11-36(72-6)44(75-48(50)70)28(4)20-27(3)40(62)37(19-25)73-7)52-14-9-15-53-49(71)74-16-17-76-77-24-32(47(68)69)56-46(67)30(51-5)12-13-38(61)54-22-34(59)42(64)43(65)35(60)23-57/h8,10-11,20-21,25,27,30,32,34-37,40,42-44,51-52,57,59-60,62,64-65H,9,12-19,22-24H2,1-7H3,(H2,50,70)(H,53,71)(H,54,61)(H,55,66)(H,56,67)(H,68,69)/b11-8-,26-10+,28-20+/t25-,27+,30+,32+,34+,35-,36+,37+,40-,42-,43-,44+/m1/s1. The van der Waals surface area contributed by atoms with Gasteiger partial charge in [-0.05, 0) is 58.1 Å². The van der Waals surface area contributed by atoms with Crippen molar-refractivity contribution in [2.45, 2.75) is 121 Å². The van der Waals surface area contributed by atoms with E-state index in [9.17, 15) is 69.0 Å². The number of hydrogen-bond donors (Lipinski definition) is 14. The smallest absolute Gasteiger partial charge is 0.407 e. The highest BCUT2D eigenvalue weighted by Gasteiger charge is 2.35. The van der Waals surface area contributed by atoms with Gasteiger partial charge in [-0.25, -0.2) is 14.4 Å². The van der Waals surface area contributed by atoms with Crippen molar-refractivity contribution in [3.8, 4) is 0 Å². The van der Waals surface area contributed by atoms with Crippen molar-refractivity contribution in [1.82, 2.24) is 31.9 Å². The largest absolute Gasteiger partial charge is 0.480 e. The number of fused-ring (bicyclic) bond motifs is 2. The fourth-order valence-electron chi connectivity index (χ4n) is 7.78. The average Bonchev–Trinajstić information content (AvgIpc) is 3.39. The molecule has 0 saturated heterocycles. The number of carbonyl (C=O) groups is 8. The van der Waals surface area contributed by atoms with Crippen molar-refractivity contribution in [3.05, 3.63) is 58.5 Å². The van der Waals surface area contributed by atoms with Crippen LogP contribution in [0.3, 0.4) is 0 Å². The lowest BCUT2D eigenvalue weighted by molar-refractivity contribution is -0.141. The summed E-state index contributed by atoms with van der Waals surface area (Å²) in [6.45, 7) is 5.54. The molecule has 1 aliphatic heterocycles. The molecule has 1 aliphatic carbocycles. The number of allylic oxidation sites excluding steroid dienone is 4. The normalized spacial score (nSPS) is 24.9. The number of carbonyl (C=O) groups excluding carboxylic acids is 7. The van der Waals surface area contributed by atoms with E-state index in [0.29, 0.717) is 5.57 Å². The molecule has 0 spiro atoms. The number of Topliss-reactive ketones (excluding diaryl/α,β-unsaturated/α-hetero) is 1. The van der Waals surface area contributed by atoms with Gasteiger partial charge in [0.2, 0.25) is 23.4 Å². The molecule has 77 heavy (non-hydrogen) atoms. The summed E-state index contributed by atoms with van der Waals surface area (Å²) in [6.07, 6.45) is -5.18. The third-order valence-corrected chi connectivity index (χ3v) is 14.6. The van der Waals surface area contributed by atoms with E-state index in [1.165, 1.54) is 51.1 Å². The number of nitrogens with two attached hydrogens (primary N) is 1. The monoisotopic (exact) mass is 1130 g/mol. The lowest BCUT2D eigenvalue weighted by Gasteiger charge is -2.30. The molecule has 0 aromatic rings. The SMILES string of the molecule is CN[C@@H](CCC(=O)NC[C@H](O)[C@@H](O)[C@H](O)[C@H](O)CO)C(=O)N[C@@H](CSSCCOC(=O)NCCCNC1=C2C[C@@H](C)C[C@H](OC)[C@H](O)[C@@H](C)/C=C(\C)[C@H](OC(N)=O)[C@@H](OC)/C=C\C=C(/C)C(=O)NC(=CC1=O)C2=O)C(=O)O. The first-order chi connectivity index (χ1) is 36.4. The van der Waals surface area contributed by atoms with E-state index >= 15 is 0 Å². The summed E-state index contributed by atoms with van der Waals surface area (Å²) < 4.78 is 21.9. The Morgan fingerprint density at radius 2 is 1.64 bits per heavy atom. The Labute approximate surface area is 454 Å². The van der Waals surface area contributed by atoms with Gasteiger partial charge in [-0.3, -0.25) is 24.0 Å². The van der Waals surface area contributed by atoms with Gasteiger partial charge in [-0.15, -0.1) is 0 Å². The molecule has 2 aliphatic rings. The minimum absolute atomic E-state index is 0.00648. The van der Waals surface area contributed by atoms with Crippen LogP contribution in [0, 0.1) is 11.8 Å². The van der Waals surface area contributed by atoms with Crippen molar-refractivity contribution in [3.63, 3.8) is 0 Å². The molecule has 5 amide bonds. The van der Waals surface area contributed by atoms with E-state index in [0.717, 1.165) is 16.9 Å². The number of rotatable bonds is 27. The molecule has 0 aromatic heterocycles. The predicted octanol–water partition coefficient (Wildman–Crippen LogP) is -1.66. The second-order valence-corrected chi connectivity index (χ2v) is 20.9. The number of ether oxygens (including phenoxy) is 4. The van der Waals surface area contributed by atoms with E-state index in [-0.39, 0.29) is 91.8 Å². The van der Waals surface area contributed by atoms with Crippen molar-refractivity contribution in [2.75, 3.05) is 65.6 Å². The van der Waals surface area contributed by atoms with Gasteiger partial charge in [0.15, 0.2) is 6.10 Å². The van der Waals surface area contributed by atoms with E-state index in [4.69, 9.17) is 29.8 Å². The van der Waals surface area contributed by atoms with Crippen LogP contribution in [0.2, 0.25) is 0 Å². The maximum absolute atomic E-state index is 14.1. The van der Waals surface area contributed by atoms with Crippen LogP contribution in [0.4, 0.5) is 9.59 Å². The first-order valence-corrected chi connectivity index (χ1v) is 27.2. The number of carboxylic acids is 1. The molecule has 28 heteroatoms. The highest BCUT2D eigenvalue weighted by atomic mass is 33.1. The molecule has 0 radical (unpaired) electrons. The van der Waals surface area contributed by atoms with E-state index in [2.05, 4.69) is 31.9 Å². The zero-order valence-electron chi connectivity index (χ0n) is 44.2. The fraction of sp³-hybridized carbons (Fsp3) is 0.633. The summed E-state index contributed by atoms with van der Waals surface area (Å²) in [6, 6.07) is -2.31. The Balaban J connectivity index is 1.97. The first-order valence-electron chi connectivity index (χ1n) is 24.7. The molecular formula is C49H77N7O19S2. The Morgan fingerprint density at radius 1 is 0.948 bits per heavy atom. The lowest BCUT2D eigenvalue weighted by atomic mass is 9.85. The second-order valence-electron chi connectivity index (χ2n) is 18.3. The Kier molecular flexibility index (Phi) is 30.9. The maximum atomic E-state index is 14.1. The van der Waals surface area contributed by atoms with Gasteiger partial charge < -0.3 is 92.3 Å². The van der Waals surface area contributed by atoms with Crippen molar-refractivity contribution in [2.24, 2.45) is 17.6 Å². The minimum atomic E-state index is -1.88. The quantitative estimate of drug-likeness (QED) is 0.0189. The van der Waals surface area contributed by atoms with Crippen LogP contribution >= 0.6 is 21.6 Å². The van der Waals surface area contributed by atoms with Crippen LogP contribution in [0.25, 0.3) is 0 Å². The minimum Gasteiger partial charge on any atom is -0.480 e. The van der Waals surface area contributed by atoms with Gasteiger partial charge in [-0.2, -0.15) is 0 Å². The van der Waals surface area contributed by atoms with Crippen molar-refractivity contribution >= 4 is 69.0 Å². The third kappa shape index (κ3) is 23.2. The van der Waals surface area contributed by atoms with Crippen molar-refractivity contribution in [1.29, 1.82) is 0 Å². The summed E-state index contributed by atoms with van der Waals surface area (Å²) in [7, 11) is 6.54. The van der Waals surface area contributed by atoms with Gasteiger partial charge >= 0.3 is 18.2 Å². The van der Waals surface area contributed by atoms with Crippen LogP contribution in [0.15, 0.2) is 58.5 Å². The molecule has 0 saturated carbocycles. The van der Waals surface area contributed by atoms with Crippen LogP contribution in [-0.2, 0) is 47.7 Å². The summed E-state index contributed by atoms with van der Waals surface area (Å²) in [4.78, 5) is 102. The zero-order valence-corrected chi connectivity index (χ0v) is 45.9. The number of alkyl carbamates (subject to hydrolysis) is 1. The number of methoxy groups -OCH3 is 2. The number of amides is 5. The zero-order chi connectivity index (χ0) is 57.9. The fourth-order valence-corrected chi connectivity index (χ4v) is 9.77. The van der Waals surface area contributed by atoms with E-state index in [1.807, 2.05) is 6.92 Å². The average molecular weight is 1130 g/mol. The van der Waals surface area contributed by atoms with Gasteiger partial charge in [0.05, 0.1) is 42.4 Å². The molecule has 0 unspecified atom stereocenters. The molecule has 1 heterocycles. The molecule has 15 N–H and O–H groups in total. The van der Waals surface area contributed by atoms with Gasteiger partial charge in [0.25, 0.3) is 5.91 Å². The summed E-state index contributed by atoms with van der Waals surface area (Å²) in [5.41, 5.74) is 5.93. The number of aliphatic carboxylic acids is 1. The molecule has 0 fully saturated rings. The summed E-state index contributed by atoms with van der Waals surface area (Å²) in [5, 5.41) is 84.7. The molecular weight excluding hydrogens is 1050 g/mol. The van der Waals surface area contributed by atoms with Gasteiger partial charge in [0.1, 0.15) is 37.1 Å². The molecule has 2 bridgehead atoms. The number of nitrogens with one attached hydrogen (secondary N) is 6. The lowest BCUT2D eigenvalue weighted by Crippen LogP contribution is -2.51. The number of aliphatic hydroxyl groups is 6. The molecule has 2 rings (SSSR count). The number of ketones is 2. The number of primary amides is 1. The highest BCUT2D eigenvalue weighted by Crippen LogP contribution is 2.29. The third-order valence-electron chi connectivity index (χ3n) is 12.2. The molecule has 434 valence electrons. The van der Waals surface area contributed by atoms with E-state index in [1.54, 1.807) is 26.0 Å². The number of carboxylic acid groups (broad SMARTS) is 1. The topological polar surface area (TPSA) is 413 Å². The Bertz CT molecular complexity index is 2180. The van der Waals surface area contributed by atoms with Crippen LogP contribution in [-0.4, -0.2) is 210 Å². The summed E-state index contributed by atoms with van der Waals surface area (Å²) >= 11 is 0. The maximum Gasteiger partial charge on any atom is 0.407 e. The van der Waals surface area contributed by atoms with Crippen LogP contribution < -0.4 is 37.6 Å². The Hall–Kier alpha value is -5.40. The number of likely N-dealkylation sites (N-methyl/N-ethyl adjacent to an activating group) is 1. The van der Waals surface area contributed by atoms with Crippen LogP contribution in [0.1, 0.15) is 59.8 Å². The number of hydrogen-bond acceptors (Lipinski definition) is 22. The predicted molar refractivity (Wildman–Crippen MR) is 282 cm³/mol. The second kappa shape index (κ2) is 35.2. The van der Waals surface area contributed by atoms with Crippen LogP contribution in [0.5, 0.6) is 0 Å². The first kappa shape index (κ1) is 67.7. The number of aliphatic hydroxyl groups excluding tert-OH is 6.